The third-order valence-corrected chi connectivity index (χ3v) is 8.10. The maximum atomic E-state index is 13.1. The summed E-state index contributed by atoms with van der Waals surface area (Å²) in [5.74, 6) is 0.332. The first kappa shape index (κ1) is 22.8. The van der Waals surface area contributed by atoms with Crippen molar-refractivity contribution < 1.29 is 9.90 Å². The van der Waals surface area contributed by atoms with Crippen LogP contribution in [0, 0.1) is 12.8 Å². The lowest BCUT2D eigenvalue weighted by Gasteiger charge is -2.49. The highest BCUT2D eigenvalue weighted by molar-refractivity contribution is 6.04. The maximum absolute atomic E-state index is 13.1. The van der Waals surface area contributed by atoms with Gasteiger partial charge in [-0.2, -0.15) is 0 Å². The minimum absolute atomic E-state index is 0.00955. The molecule has 2 aliphatic carbocycles. The Labute approximate surface area is 202 Å². The molecule has 34 heavy (non-hydrogen) atoms. The summed E-state index contributed by atoms with van der Waals surface area (Å²) in [5, 5.41) is 14.0. The van der Waals surface area contributed by atoms with Crippen LogP contribution in [0.2, 0.25) is 0 Å². The topological polar surface area (TPSA) is 62.2 Å². The molecule has 1 heterocycles. The average molecular weight is 455 g/mol. The number of anilines is 1. The van der Waals surface area contributed by atoms with Gasteiger partial charge < -0.3 is 10.4 Å². The van der Waals surface area contributed by atoms with E-state index in [1.807, 2.05) is 32.0 Å². The molecule has 2 aromatic carbocycles. The molecule has 1 fully saturated rings. The first-order valence-corrected chi connectivity index (χ1v) is 12.5. The third-order valence-electron chi connectivity index (χ3n) is 8.10. The van der Waals surface area contributed by atoms with Gasteiger partial charge in [-0.05, 0) is 106 Å². The summed E-state index contributed by atoms with van der Waals surface area (Å²) in [6.07, 6.45) is 8.47. The molecule has 3 atom stereocenters. The number of carbonyl (C=O) groups excluding carboxylic acids is 1. The highest BCUT2D eigenvalue weighted by Crippen LogP contribution is 2.53. The van der Waals surface area contributed by atoms with Gasteiger partial charge in [-0.15, -0.1) is 0 Å². The molecule has 1 saturated carbocycles. The van der Waals surface area contributed by atoms with Crippen molar-refractivity contribution >= 4 is 11.6 Å². The summed E-state index contributed by atoms with van der Waals surface area (Å²) in [4.78, 5) is 17.4. The van der Waals surface area contributed by atoms with Gasteiger partial charge in [0, 0.05) is 17.2 Å². The van der Waals surface area contributed by atoms with Gasteiger partial charge in [-0.3, -0.25) is 9.78 Å². The molecule has 1 amide bonds. The molecule has 0 saturated heterocycles. The molecule has 2 N–H and O–H groups in total. The van der Waals surface area contributed by atoms with Gasteiger partial charge in [0.1, 0.15) is 0 Å². The van der Waals surface area contributed by atoms with Crippen LogP contribution in [0.1, 0.15) is 71.8 Å². The van der Waals surface area contributed by atoms with Gasteiger partial charge >= 0.3 is 0 Å². The van der Waals surface area contributed by atoms with Crippen LogP contribution in [-0.4, -0.2) is 21.6 Å². The monoisotopic (exact) mass is 454 g/mol. The fourth-order valence-corrected chi connectivity index (χ4v) is 6.32. The van der Waals surface area contributed by atoms with Gasteiger partial charge in [0.25, 0.3) is 5.91 Å². The fraction of sp³-hybridized carbons (Fsp3) is 0.400. The van der Waals surface area contributed by atoms with Crippen LogP contribution in [0.5, 0.6) is 0 Å². The Kier molecular flexibility index (Phi) is 6.03. The standard InChI is InChI=1S/C30H34N2O2/c1-21-27(12-7-17-31-21)32-28(33)24-13-14-26-23(18-24)10-6-11-25-20-29(2,34)15-16-30(25,26)19-22-8-4-3-5-9-22/h3-5,7-9,12-14,17-18,25,34H,6,10-11,15-16,19-20H2,1-2H3,(H,32,33)/t25-,29+,30+/m1/s1. The largest absolute Gasteiger partial charge is 0.390 e. The normalized spacial score (nSPS) is 26.1. The number of fused-ring (bicyclic) bond motifs is 3. The zero-order valence-electron chi connectivity index (χ0n) is 20.2. The van der Waals surface area contributed by atoms with E-state index in [9.17, 15) is 9.90 Å². The Bertz CT molecular complexity index is 1190. The highest BCUT2D eigenvalue weighted by atomic mass is 16.3. The lowest BCUT2D eigenvalue weighted by Crippen LogP contribution is -2.47. The molecule has 0 radical (unpaired) electrons. The van der Waals surface area contributed by atoms with E-state index in [0.717, 1.165) is 56.3 Å². The number of aliphatic hydroxyl groups is 1. The van der Waals surface area contributed by atoms with Crippen LogP contribution in [-0.2, 0) is 18.3 Å². The quantitative estimate of drug-likeness (QED) is 0.507. The maximum Gasteiger partial charge on any atom is 0.255 e. The molecule has 1 aromatic heterocycles. The number of nitrogens with zero attached hydrogens (tertiary/aromatic N) is 1. The van der Waals surface area contributed by atoms with Gasteiger partial charge in [0.2, 0.25) is 0 Å². The number of pyridine rings is 1. The number of amides is 1. The second kappa shape index (κ2) is 8.99. The van der Waals surface area contributed by atoms with E-state index >= 15 is 0 Å². The molecule has 176 valence electrons. The van der Waals surface area contributed by atoms with E-state index in [2.05, 4.69) is 52.8 Å². The average Bonchev–Trinajstić information content (AvgIpc) is 2.97. The Morgan fingerprint density at radius 2 is 1.94 bits per heavy atom. The molecule has 0 spiro atoms. The van der Waals surface area contributed by atoms with Crippen molar-refractivity contribution in [3.63, 3.8) is 0 Å². The fourth-order valence-electron chi connectivity index (χ4n) is 6.32. The van der Waals surface area contributed by atoms with Crippen LogP contribution in [0.25, 0.3) is 0 Å². The summed E-state index contributed by atoms with van der Waals surface area (Å²) in [6, 6.07) is 20.8. The molecule has 4 nitrogen and oxygen atoms in total. The minimum Gasteiger partial charge on any atom is -0.390 e. The first-order chi connectivity index (χ1) is 16.4. The lowest BCUT2D eigenvalue weighted by molar-refractivity contribution is -0.0330. The summed E-state index contributed by atoms with van der Waals surface area (Å²) in [6.45, 7) is 3.90. The lowest BCUT2D eigenvalue weighted by atomic mass is 9.56. The molecule has 5 rings (SSSR count). The Hall–Kier alpha value is -2.98. The van der Waals surface area contributed by atoms with Crippen LogP contribution < -0.4 is 5.32 Å². The SMILES string of the molecule is Cc1ncccc1NC(=O)c1ccc2c(c1)CCC[C@@H]1C[C@@](C)(O)CC[C@@]21Cc1ccccc1. The first-order valence-electron chi connectivity index (χ1n) is 12.5. The van der Waals surface area contributed by atoms with Gasteiger partial charge in [-0.25, -0.2) is 0 Å². The van der Waals surface area contributed by atoms with E-state index in [-0.39, 0.29) is 11.3 Å². The molecular weight excluding hydrogens is 420 g/mol. The van der Waals surface area contributed by atoms with E-state index in [4.69, 9.17) is 0 Å². The molecule has 0 unspecified atom stereocenters. The zero-order valence-corrected chi connectivity index (χ0v) is 20.2. The summed E-state index contributed by atoms with van der Waals surface area (Å²) >= 11 is 0. The number of hydrogen-bond donors (Lipinski definition) is 2. The summed E-state index contributed by atoms with van der Waals surface area (Å²) in [5.41, 5.74) is 5.65. The van der Waals surface area contributed by atoms with Crippen LogP contribution in [0.3, 0.4) is 0 Å². The third kappa shape index (κ3) is 4.39. The van der Waals surface area contributed by atoms with Crippen molar-refractivity contribution in [3.05, 3.63) is 94.8 Å². The van der Waals surface area contributed by atoms with E-state index in [1.54, 1.807) is 6.20 Å². The van der Waals surface area contributed by atoms with Crippen molar-refractivity contribution in [2.24, 2.45) is 5.92 Å². The highest BCUT2D eigenvalue weighted by Gasteiger charge is 2.49. The molecule has 3 aromatic rings. The van der Waals surface area contributed by atoms with Gasteiger partial charge in [0.15, 0.2) is 0 Å². The predicted octanol–water partition coefficient (Wildman–Crippen LogP) is 6.01. The Balaban J connectivity index is 1.52. The second-order valence-electron chi connectivity index (χ2n) is 10.6. The molecule has 2 aliphatic rings. The van der Waals surface area contributed by atoms with Crippen LogP contribution in [0.4, 0.5) is 5.69 Å². The van der Waals surface area contributed by atoms with Gasteiger partial charge in [0.05, 0.1) is 17.0 Å². The second-order valence-corrected chi connectivity index (χ2v) is 10.6. The van der Waals surface area contributed by atoms with Crippen molar-refractivity contribution in [3.8, 4) is 0 Å². The summed E-state index contributed by atoms with van der Waals surface area (Å²) < 4.78 is 0. The van der Waals surface area contributed by atoms with Crippen molar-refractivity contribution in [1.82, 2.24) is 4.98 Å². The van der Waals surface area contributed by atoms with E-state index in [1.165, 1.54) is 16.7 Å². The Morgan fingerprint density at radius 1 is 1.12 bits per heavy atom. The number of nitrogens with one attached hydrogen (secondary N) is 1. The number of benzene rings is 2. The number of rotatable bonds is 4. The van der Waals surface area contributed by atoms with Crippen LogP contribution >= 0.6 is 0 Å². The predicted molar refractivity (Wildman–Crippen MR) is 136 cm³/mol. The number of aryl methyl sites for hydroxylation is 2. The molecule has 0 bridgehead atoms. The molecule has 0 aliphatic heterocycles. The zero-order chi connectivity index (χ0) is 23.8. The molecule has 4 heteroatoms. The minimum atomic E-state index is -0.600. The smallest absolute Gasteiger partial charge is 0.255 e. The van der Waals surface area contributed by atoms with Gasteiger partial charge in [-0.1, -0.05) is 36.4 Å². The van der Waals surface area contributed by atoms with E-state index < -0.39 is 5.60 Å². The van der Waals surface area contributed by atoms with Crippen molar-refractivity contribution in [2.75, 3.05) is 5.32 Å². The number of hydrogen-bond acceptors (Lipinski definition) is 3. The molecular formula is C30H34N2O2. The van der Waals surface area contributed by atoms with Crippen molar-refractivity contribution in [1.29, 1.82) is 0 Å². The van der Waals surface area contributed by atoms with E-state index in [0.29, 0.717) is 11.5 Å². The Morgan fingerprint density at radius 3 is 2.74 bits per heavy atom. The van der Waals surface area contributed by atoms with Crippen molar-refractivity contribution in [2.45, 2.75) is 69.8 Å². The van der Waals surface area contributed by atoms with Crippen LogP contribution in [0.15, 0.2) is 66.9 Å². The summed E-state index contributed by atoms with van der Waals surface area (Å²) in [7, 11) is 0. The number of carbonyl (C=O) groups is 1. The number of aromatic nitrogens is 1.